The fourth-order valence-corrected chi connectivity index (χ4v) is 3.50. The molecule has 0 atom stereocenters. The molecule has 0 aliphatic rings. The summed E-state index contributed by atoms with van der Waals surface area (Å²) in [5, 5.41) is 3.67. The molecular weight excluding hydrogens is 350 g/mol. The number of carbonyl (C=O) groups excluding carboxylic acids is 2. The van der Waals surface area contributed by atoms with Gasteiger partial charge in [0.15, 0.2) is 0 Å². The molecule has 0 aliphatic carbocycles. The number of ether oxygens (including phenoxy) is 1. The Hall–Kier alpha value is -3.12. The lowest BCUT2D eigenvalue weighted by Crippen LogP contribution is -2.33. The van der Waals surface area contributed by atoms with E-state index in [0.717, 1.165) is 21.9 Å². The molecule has 4 aromatic rings. The fourth-order valence-electron chi connectivity index (χ4n) is 2.79. The molecule has 130 valence electrons. The van der Waals surface area contributed by atoms with Crippen LogP contribution in [0, 0.1) is 0 Å². The van der Waals surface area contributed by atoms with Gasteiger partial charge in [-0.1, -0.05) is 24.3 Å². The monoisotopic (exact) mass is 365 g/mol. The van der Waals surface area contributed by atoms with Crippen molar-refractivity contribution in [1.29, 1.82) is 0 Å². The summed E-state index contributed by atoms with van der Waals surface area (Å²) in [6, 6.07) is 16.5. The summed E-state index contributed by atoms with van der Waals surface area (Å²) in [6.07, 6.45) is 0. The molecule has 0 aliphatic heterocycles. The first-order valence-electron chi connectivity index (χ1n) is 8.03. The predicted molar refractivity (Wildman–Crippen MR) is 101 cm³/mol. The molecule has 0 unspecified atom stereocenters. The molecule has 2 heterocycles. The minimum atomic E-state index is -0.496. The first-order chi connectivity index (χ1) is 12.6. The Balaban J connectivity index is 1.50. The van der Waals surface area contributed by atoms with Crippen molar-refractivity contribution >= 4 is 45.2 Å². The van der Waals surface area contributed by atoms with Crippen molar-refractivity contribution in [3.63, 3.8) is 0 Å². The lowest BCUT2D eigenvalue weighted by atomic mass is 10.1. The van der Waals surface area contributed by atoms with Crippen LogP contribution in [-0.4, -0.2) is 30.4 Å². The van der Waals surface area contributed by atoms with E-state index < -0.39 is 5.97 Å². The highest BCUT2D eigenvalue weighted by molar-refractivity contribution is 7.12. The van der Waals surface area contributed by atoms with Crippen LogP contribution in [-0.2, 0) is 4.79 Å². The SMILES string of the molecule is CN(CC(=O)Oc1ccc2oc3ccccc3c2c1)C(=O)c1cccs1. The van der Waals surface area contributed by atoms with Gasteiger partial charge in [-0.15, -0.1) is 11.3 Å². The number of furan rings is 1. The van der Waals surface area contributed by atoms with Crippen molar-refractivity contribution in [3.8, 4) is 5.75 Å². The number of hydrogen-bond donors (Lipinski definition) is 0. The van der Waals surface area contributed by atoms with Crippen LogP contribution in [0.1, 0.15) is 9.67 Å². The van der Waals surface area contributed by atoms with Crippen molar-refractivity contribution in [2.75, 3.05) is 13.6 Å². The third-order valence-electron chi connectivity index (χ3n) is 4.02. The smallest absolute Gasteiger partial charge is 0.331 e. The lowest BCUT2D eigenvalue weighted by Gasteiger charge is -2.15. The molecule has 6 heteroatoms. The Kier molecular flexibility index (Phi) is 4.18. The second-order valence-electron chi connectivity index (χ2n) is 5.87. The van der Waals surface area contributed by atoms with Crippen molar-refractivity contribution in [1.82, 2.24) is 4.90 Å². The van der Waals surface area contributed by atoms with Gasteiger partial charge in [0.25, 0.3) is 5.91 Å². The number of esters is 1. The van der Waals surface area contributed by atoms with E-state index in [1.807, 2.05) is 29.6 Å². The molecule has 26 heavy (non-hydrogen) atoms. The molecule has 0 saturated heterocycles. The molecule has 0 fully saturated rings. The number of hydrogen-bond acceptors (Lipinski definition) is 5. The number of rotatable bonds is 4. The Labute approximate surface area is 153 Å². The van der Waals surface area contributed by atoms with Gasteiger partial charge in [0.1, 0.15) is 23.5 Å². The van der Waals surface area contributed by atoms with Crippen LogP contribution in [0.5, 0.6) is 5.75 Å². The van der Waals surface area contributed by atoms with Crippen LogP contribution in [0.4, 0.5) is 0 Å². The maximum Gasteiger partial charge on any atom is 0.331 e. The van der Waals surface area contributed by atoms with E-state index in [0.29, 0.717) is 10.6 Å². The van der Waals surface area contributed by atoms with Crippen LogP contribution < -0.4 is 4.74 Å². The van der Waals surface area contributed by atoms with Crippen LogP contribution >= 0.6 is 11.3 Å². The zero-order valence-corrected chi connectivity index (χ0v) is 14.8. The normalized spacial score (nSPS) is 11.0. The molecule has 4 rings (SSSR count). The molecule has 0 spiro atoms. The van der Waals surface area contributed by atoms with Crippen LogP contribution in [0.2, 0.25) is 0 Å². The maximum absolute atomic E-state index is 12.2. The highest BCUT2D eigenvalue weighted by Gasteiger charge is 2.17. The van der Waals surface area contributed by atoms with E-state index in [9.17, 15) is 9.59 Å². The van der Waals surface area contributed by atoms with Gasteiger partial charge in [-0.2, -0.15) is 0 Å². The number of likely N-dealkylation sites (N-methyl/N-ethyl adjacent to an activating group) is 1. The van der Waals surface area contributed by atoms with Crippen LogP contribution in [0.15, 0.2) is 64.4 Å². The summed E-state index contributed by atoms with van der Waals surface area (Å²) in [7, 11) is 1.58. The Bertz CT molecular complexity index is 1100. The summed E-state index contributed by atoms with van der Waals surface area (Å²) < 4.78 is 11.2. The average molecular weight is 365 g/mol. The third-order valence-corrected chi connectivity index (χ3v) is 4.88. The summed E-state index contributed by atoms with van der Waals surface area (Å²) in [6.45, 7) is -0.124. The summed E-state index contributed by atoms with van der Waals surface area (Å²) in [5.74, 6) is -0.274. The zero-order chi connectivity index (χ0) is 18.1. The van der Waals surface area contributed by atoms with E-state index in [1.54, 1.807) is 37.4 Å². The largest absolute Gasteiger partial charge is 0.456 e. The van der Waals surface area contributed by atoms with Crippen LogP contribution in [0.3, 0.4) is 0 Å². The number of thiophene rings is 1. The first-order valence-corrected chi connectivity index (χ1v) is 8.91. The van der Waals surface area contributed by atoms with Gasteiger partial charge in [-0.05, 0) is 35.7 Å². The van der Waals surface area contributed by atoms with Crippen LogP contribution in [0.25, 0.3) is 21.9 Å². The minimum absolute atomic E-state index is 0.124. The molecule has 1 amide bonds. The number of nitrogens with zero attached hydrogens (tertiary/aromatic N) is 1. The quantitative estimate of drug-likeness (QED) is 0.399. The molecule has 2 aromatic carbocycles. The number of carbonyl (C=O) groups is 2. The van der Waals surface area contributed by atoms with Crippen molar-refractivity contribution in [3.05, 3.63) is 64.9 Å². The molecular formula is C20H15NO4S. The van der Waals surface area contributed by atoms with Gasteiger partial charge in [0.2, 0.25) is 0 Å². The molecule has 0 radical (unpaired) electrons. The van der Waals surface area contributed by atoms with Gasteiger partial charge in [0.05, 0.1) is 4.88 Å². The number of para-hydroxylation sites is 1. The molecule has 5 nitrogen and oxygen atoms in total. The second-order valence-corrected chi connectivity index (χ2v) is 6.82. The van der Waals surface area contributed by atoms with Gasteiger partial charge in [0, 0.05) is 17.8 Å². The van der Waals surface area contributed by atoms with E-state index in [1.165, 1.54) is 16.2 Å². The van der Waals surface area contributed by atoms with Gasteiger partial charge in [-0.3, -0.25) is 4.79 Å². The Morgan fingerprint density at radius 1 is 1.04 bits per heavy atom. The summed E-state index contributed by atoms with van der Waals surface area (Å²) >= 11 is 1.34. The van der Waals surface area contributed by atoms with E-state index >= 15 is 0 Å². The standard InChI is InChI=1S/C20H15NO4S/c1-21(20(23)18-7-4-10-26-18)12-19(22)24-13-8-9-17-15(11-13)14-5-2-3-6-16(14)25-17/h2-11H,12H2,1H3. The second kappa shape index (κ2) is 6.65. The Morgan fingerprint density at radius 2 is 1.85 bits per heavy atom. The first kappa shape index (κ1) is 16.4. The fraction of sp³-hybridized carbons (Fsp3) is 0.100. The Morgan fingerprint density at radius 3 is 2.65 bits per heavy atom. The van der Waals surface area contributed by atoms with Crippen molar-refractivity contribution in [2.45, 2.75) is 0 Å². The summed E-state index contributed by atoms with van der Waals surface area (Å²) in [5.41, 5.74) is 1.52. The minimum Gasteiger partial charge on any atom is -0.456 e. The predicted octanol–water partition coefficient (Wildman–Crippen LogP) is 4.33. The number of amides is 1. The average Bonchev–Trinajstić information content (AvgIpc) is 3.28. The highest BCUT2D eigenvalue weighted by Crippen LogP contribution is 2.31. The molecule has 0 N–H and O–H groups in total. The van der Waals surface area contributed by atoms with E-state index in [-0.39, 0.29) is 12.5 Å². The highest BCUT2D eigenvalue weighted by atomic mass is 32.1. The van der Waals surface area contributed by atoms with Gasteiger partial charge in [-0.25, -0.2) is 4.79 Å². The molecule has 0 saturated carbocycles. The maximum atomic E-state index is 12.2. The van der Waals surface area contributed by atoms with Gasteiger partial charge < -0.3 is 14.1 Å². The van der Waals surface area contributed by atoms with Crippen molar-refractivity contribution < 1.29 is 18.7 Å². The lowest BCUT2D eigenvalue weighted by molar-refractivity contribution is -0.134. The third kappa shape index (κ3) is 3.07. The number of fused-ring (bicyclic) bond motifs is 3. The molecule has 0 bridgehead atoms. The van der Waals surface area contributed by atoms with Crippen molar-refractivity contribution in [2.24, 2.45) is 0 Å². The summed E-state index contributed by atoms with van der Waals surface area (Å²) in [4.78, 5) is 26.3. The number of benzene rings is 2. The van der Waals surface area contributed by atoms with E-state index in [4.69, 9.17) is 9.15 Å². The topological polar surface area (TPSA) is 59.8 Å². The van der Waals surface area contributed by atoms with Gasteiger partial charge >= 0.3 is 5.97 Å². The molecule has 2 aromatic heterocycles. The van der Waals surface area contributed by atoms with E-state index in [2.05, 4.69) is 0 Å². The zero-order valence-electron chi connectivity index (χ0n) is 14.0.